The van der Waals surface area contributed by atoms with Crippen LogP contribution in [0.25, 0.3) is 0 Å². The first kappa shape index (κ1) is 23.3. The summed E-state index contributed by atoms with van der Waals surface area (Å²) in [6.45, 7) is 4.10. The van der Waals surface area contributed by atoms with E-state index >= 15 is 0 Å². The van der Waals surface area contributed by atoms with E-state index in [4.69, 9.17) is 4.74 Å². The minimum absolute atomic E-state index is 0.0368. The number of carbonyl (C=O) groups excluding carboxylic acids is 2. The standard InChI is InChI=1S/C25H25N3O5S/c1-3-33-23-11-7-5-9-20(23)26-24(29)16-22-25(30)27-19-8-4-6-10-21(19)28(22)34(31,32)18-14-12-17(2)13-15-18/h4-15,22H,3,16H2,1-2H3,(H,26,29)(H,27,30). The highest BCUT2D eigenvalue weighted by atomic mass is 32.2. The van der Waals surface area contributed by atoms with Crippen LogP contribution < -0.4 is 19.7 Å². The van der Waals surface area contributed by atoms with Gasteiger partial charge in [-0.25, -0.2) is 8.42 Å². The molecule has 4 rings (SSSR count). The van der Waals surface area contributed by atoms with E-state index in [-0.39, 0.29) is 11.3 Å². The van der Waals surface area contributed by atoms with Gasteiger partial charge < -0.3 is 15.4 Å². The van der Waals surface area contributed by atoms with Crippen LogP contribution in [0.2, 0.25) is 0 Å². The first-order valence-corrected chi connectivity index (χ1v) is 12.3. The minimum Gasteiger partial charge on any atom is -0.492 e. The zero-order valence-corrected chi connectivity index (χ0v) is 19.6. The van der Waals surface area contributed by atoms with Crippen LogP contribution in [0, 0.1) is 6.92 Å². The molecule has 1 heterocycles. The van der Waals surface area contributed by atoms with Gasteiger partial charge in [0.1, 0.15) is 11.8 Å². The molecule has 0 aliphatic carbocycles. The molecule has 0 spiro atoms. The molecule has 1 atom stereocenters. The predicted octanol–water partition coefficient (Wildman–Crippen LogP) is 3.94. The lowest BCUT2D eigenvalue weighted by atomic mass is 10.1. The Kier molecular flexibility index (Phi) is 6.56. The second kappa shape index (κ2) is 9.56. The van der Waals surface area contributed by atoms with Crippen LogP contribution >= 0.6 is 0 Å². The Bertz CT molecular complexity index is 1320. The molecule has 1 unspecified atom stereocenters. The van der Waals surface area contributed by atoms with E-state index in [1.165, 1.54) is 12.1 Å². The van der Waals surface area contributed by atoms with Crippen molar-refractivity contribution in [3.8, 4) is 5.75 Å². The normalized spacial score (nSPS) is 15.3. The van der Waals surface area contributed by atoms with E-state index in [0.717, 1.165) is 9.87 Å². The lowest BCUT2D eigenvalue weighted by Gasteiger charge is -2.36. The average molecular weight is 480 g/mol. The Labute approximate surface area is 198 Å². The fraction of sp³-hybridized carbons (Fsp3) is 0.200. The highest BCUT2D eigenvalue weighted by molar-refractivity contribution is 7.93. The number of nitrogens with zero attached hydrogens (tertiary/aromatic N) is 1. The van der Waals surface area contributed by atoms with Crippen molar-refractivity contribution in [3.63, 3.8) is 0 Å². The van der Waals surface area contributed by atoms with Gasteiger partial charge in [-0.3, -0.25) is 13.9 Å². The van der Waals surface area contributed by atoms with Crippen molar-refractivity contribution in [2.75, 3.05) is 21.5 Å². The van der Waals surface area contributed by atoms with Gasteiger partial charge in [0.2, 0.25) is 11.8 Å². The van der Waals surface area contributed by atoms with Gasteiger partial charge in [0.25, 0.3) is 10.0 Å². The molecule has 3 aromatic rings. The SMILES string of the molecule is CCOc1ccccc1NC(=O)CC1C(=O)Nc2ccccc2N1S(=O)(=O)c1ccc(C)cc1. The number of carbonyl (C=O) groups is 2. The van der Waals surface area contributed by atoms with Crippen molar-refractivity contribution in [1.29, 1.82) is 0 Å². The van der Waals surface area contributed by atoms with Crippen molar-refractivity contribution >= 4 is 38.9 Å². The van der Waals surface area contributed by atoms with Crippen molar-refractivity contribution in [1.82, 2.24) is 0 Å². The van der Waals surface area contributed by atoms with E-state index in [9.17, 15) is 18.0 Å². The fourth-order valence-corrected chi connectivity index (χ4v) is 5.42. The monoisotopic (exact) mass is 479 g/mol. The van der Waals surface area contributed by atoms with Crippen molar-refractivity contribution in [2.24, 2.45) is 0 Å². The van der Waals surface area contributed by atoms with Gasteiger partial charge in [0.15, 0.2) is 0 Å². The van der Waals surface area contributed by atoms with Gasteiger partial charge in [-0.15, -0.1) is 0 Å². The molecule has 0 saturated heterocycles. The smallest absolute Gasteiger partial charge is 0.265 e. The van der Waals surface area contributed by atoms with Crippen LogP contribution in [-0.2, 0) is 19.6 Å². The summed E-state index contributed by atoms with van der Waals surface area (Å²) in [7, 11) is -4.14. The zero-order valence-electron chi connectivity index (χ0n) is 18.8. The number of amides is 2. The van der Waals surface area contributed by atoms with Gasteiger partial charge >= 0.3 is 0 Å². The summed E-state index contributed by atoms with van der Waals surface area (Å²) in [6.07, 6.45) is -0.383. The number of sulfonamides is 1. The molecule has 0 fully saturated rings. The highest BCUT2D eigenvalue weighted by Crippen LogP contribution is 2.37. The molecule has 9 heteroatoms. The largest absolute Gasteiger partial charge is 0.492 e. The number of nitrogens with one attached hydrogen (secondary N) is 2. The maximum absolute atomic E-state index is 13.7. The molecule has 1 aliphatic rings. The number of ether oxygens (including phenoxy) is 1. The summed E-state index contributed by atoms with van der Waals surface area (Å²) in [6, 6.07) is 18.6. The second-order valence-electron chi connectivity index (χ2n) is 7.82. The summed E-state index contributed by atoms with van der Waals surface area (Å²) >= 11 is 0. The molecule has 0 radical (unpaired) electrons. The van der Waals surface area contributed by atoms with Gasteiger partial charge in [0, 0.05) is 0 Å². The Morgan fingerprint density at radius 3 is 2.44 bits per heavy atom. The lowest BCUT2D eigenvalue weighted by Crippen LogP contribution is -2.52. The fourth-order valence-electron chi connectivity index (χ4n) is 3.79. The van der Waals surface area contributed by atoms with Gasteiger partial charge in [-0.2, -0.15) is 0 Å². The third-order valence-corrected chi connectivity index (χ3v) is 7.24. The van der Waals surface area contributed by atoms with E-state index < -0.39 is 27.9 Å². The van der Waals surface area contributed by atoms with Crippen molar-refractivity contribution in [2.45, 2.75) is 31.2 Å². The van der Waals surface area contributed by atoms with Gasteiger partial charge in [-0.1, -0.05) is 42.0 Å². The summed E-state index contributed by atoms with van der Waals surface area (Å²) in [5.74, 6) is -0.612. The van der Waals surface area contributed by atoms with E-state index in [1.807, 2.05) is 13.8 Å². The second-order valence-corrected chi connectivity index (χ2v) is 9.63. The molecule has 0 saturated carbocycles. The first-order chi connectivity index (χ1) is 16.3. The van der Waals surface area contributed by atoms with E-state index in [1.54, 1.807) is 60.7 Å². The van der Waals surface area contributed by atoms with Crippen molar-refractivity contribution < 1.29 is 22.7 Å². The van der Waals surface area contributed by atoms with Crippen molar-refractivity contribution in [3.05, 3.63) is 78.4 Å². The average Bonchev–Trinajstić information content (AvgIpc) is 2.81. The number of hydrogen-bond acceptors (Lipinski definition) is 5. The van der Waals surface area contributed by atoms with E-state index in [0.29, 0.717) is 29.4 Å². The molecule has 34 heavy (non-hydrogen) atoms. The number of para-hydroxylation sites is 4. The molecular weight excluding hydrogens is 454 g/mol. The molecule has 1 aliphatic heterocycles. The Morgan fingerprint density at radius 2 is 1.71 bits per heavy atom. The minimum atomic E-state index is -4.14. The molecular formula is C25H25N3O5S. The highest BCUT2D eigenvalue weighted by Gasteiger charge is 2.42. The van der Waals surface area contributed by atoms with E-state index in [2.05, 4.69) is 10.6 Å². The number of benzene rings is 3. The summed E-state index contributed by atoms with van der Waals surface area (Å²) < 4.78 is 34.0. The van der Waals surface area contributed by atoms with Crippen LogP contribution in [0.5, 0.6) is 5.75 Å². The molecule has 8 nitrogen and oxygen atoms in total. The molecule has 2 amide bonds. The van der Waals surface area contributed by atoms with Gasteiger partial charge in [-0.05, 0) is 50.2 Å². The maximum Gasteiger partial charge on any atom is 0.265 e. The summed E-state index contributed by atoms with van der Waals surface area (Å²) in [4.78, 5) is 26.1. The van der Waals surface area contributed by atoms with Crippen LogP contribution in [0.15, 0.2) is 77.7 Å². The number of aryl methyl sites for hydroxylation is 1. The molecule has 0 aromatic heterocycles. The summed E-state index contributed by atoms with van der Waals surface area (Å²) in [5, 5.41) is 5.46. The lowest BCUT2D eigenvalue weighted by molar-refractivity contribution is -0.122. The topological polar surface area (TPSA) is 105 Å². The van der Waals surface area contributed by atoms with Crippen LogP contribution in [0.1, 0.15) is 18.9 Å². The number of fused-ring (bicyclic) bond motifs is 1. The maximum atomic E-state index is 13.7. The zero-order chi connectivity index (χ0) is 24.3. The molecule has 2 N–H and O–H groups in total. The third-order valence-electron chi connectivity index (χ3n) is 5.40. The predicted molar refractivity (Wildman–Crippen MR) is 131 cm³/mol. The molecule has 176 valence electrons. The molecule has 0 bridgehead atoms. The van der Waals surface area contributed by atoms with Crippen LogP contribution in [0.4, 0.5) is 17.1 Å². The Balaban J connectivity index is 1.70. The number of rotatable bonds is 7. The number of anilines is 3. The van der Waals surface area contributed by atoms with Gasteiger partial charge in [0.05, 0.1) is 35.0 Å². The van der Waals surface area contributed by atoms with Crippen LogP contribution in [-0.4, -0.2) is 32.9 Å². The quantitative estimate of drug-likeness (QED) is 0.534. The first-order valence-electron chi connectivity index (χ1n) is 10.8. The Hall–Kier alpha value is -3.85. The Morgan fingerprint density at radius 1 is 1.03 bits per heavy atom. The third kappa shape index (κ3) is 4.60. The molecule has 3 aromatic carbocycles. The summed E-state index contributed by atoms with van der Waals surface area (Å²) in [5.41, 5.74) is 2.01. The van der Waals surface area contributed by atoms with Crippen LogP contribution in [0.3, 0.4) is 0 Å². The number of hydrogen-bond donors (Lipinski definition) is 2.